The van der Waals surface area contributed by atoms with Crippen molar-refractivity contribution in [2.45, 2.75) is 57.2 Å². The summed E-state index contributed by atoms with van der Waals surface area (Å²) < 4.78 is 12.2. The Labute approximate surface area is 115 Å². The molecule has 1 saturated carbocycles. The second kappa shape index (κ2) is 5.41. The SMILES string of the molecule is NCCCCc1ccc2c(c1)OC1(CCCCC1)O2. The Balaban J connectivity index is 1.69. The fraction of sp³-hybridized carbons (Fsp3) is 0.625. The summed E-state index contributed by atoms with van der Waals surface area (Å²) in [4.78, 5) is 0. The lowest BCUT2D eigenvalue weighted by atomic mass is 9.94. The van der Waals surface area contributed by atoms with Crippen molar-refractivity contribution in [1.82, 2.24) is 0 Å². The van der Waals surface area contributed by atoms with Crippen molar-refractivity contribution in [1.29, 1.82) is 0 Å². The minimum atomic E-state index is -0.351. The summed E-state index contributed by atoms with van der Waals surface area (Å²) in [5.74, 6) is 1.51. The lowest BCUT2D eigenvalue weighted by Crippen LogP contribution is -2.40. The van der Waals surface area contributed by atoms with Gasteiger partial charge in [0.2, 0.25) is 0 Å². The van der Waals surface area contributed by atoms with Crippen LogP contribution in [-0.2, 0) is 6.42 Å². The highest BCUT2D eigenvalue weighted by molar-refractivity contribution is 5.46. The second-order valence-electron chi connectivity index (χ2n) is 5.70. The lowest BCUT2D eigenvalue weighted by Gasteiger charge is -2.31. The van der Waals surface area contributed by atoms with Crippen LogP contribution in [0.15, 0.2) is 18.2 Å². The molecular weight excluding hydrogens is 238 g/mol. The molecule has 0 radical (unpaired) electrons. The molecule has 2 aliphatic rings. The van der Waals surface area contributed by atoms with Crippen LogP contribution in [0.2, 0.25) is 0 Å². The van der Waals surface area contributed by atoms with Crippen LogP contribution in [0.1, 0.15) is 50.5 Å². The Kier molecular flexibility index (Phi) is 3.65. The minimum Gasteiger partial charge on any atom is -0.448 e. The Morgan fingerprint density at radius 2 is 1.79 bits per heavy atom. The van der Waals surface area contributed by atoms with Gasteiger partial charge < -0.3 is 15.2 Å². The van der Waals surface area contributed by atoms with E-state index in [-0.39, 0.29) is 5.79 Å². The summed E-state index contributed by atoms with van der Waals surface area (Å²) in [6.45, 7) is 0.771. The third kappa shape index (κ3) is 2.71. The summed E-state index contributed by atoms with van der Waals surface area (Å²) in [6.07, 6.45) is 9.04. The van der Waals surface area contributed by atoms with Gasteiger partial charge in [0.15, 0.2) is 11.5 Å². The quantitative estimate of drug-likeness (QED) is 0.845. The molecular formula is C16H23NO2. The van der Waals surface area contributed by atoms with Gasteiger partial charge in [-0.1, -0.05) is 12.5 Å². The highest BCUT2D eigenvalue weighted by Gasteiger charge is 2.42. The number of rotatable bonds is 4. The monoisotopic (exact) mass is 261 g/mol. The maximum Gasteiger partial charge on any atom is 0.251 e. The first kappa shape index (κ1) is 12.8. The van der Waals surface area contributed by atoms with Crippen molar-refractivity contribution in [3.8, 4) is 11.5 Å². The van der Waals surface area contributed by atoms with Gasteiger partial charge in [0.25, 0.3) is 5.79 Å². The first-order valence-corrected chi connectivity index (χ1v) is 7.52. The molecule has 3 heteroatoms. The highest BCUT2D eigenvalue weighted by atomic mass is 16.7. The predicted octanol–water partition coefficient (Wildman–Crippen LogP) is 3.40. The summed E-state index contributed by atoms with van der Waals surface area (Å²) in [5.41, 5.74) is 6.85. The zero-order chi connectivity index (χ0) is 13.1. The highest BCUT2D eigenvalue weighted by Crippen LogP contribution is 2.45. The average molecular weight is 261 g/mol. The van der Waals surface area contributed by atoms with Crippen molar-refractivity contribution in [2.24, 2.45) is 5.73 Å². The number of ether oxygens (including phenoxy) is 2. The van der Waals surface area contributed by atoms with E-state index in [4.69, 9.17) is 15.2 Å². The predicted molar refractivity (Wildman–Crippen MR) is 75.5 cm³/mol. The van der Waals surface area contributed by atoms with Gasteiger partial charge in [-0.25, -0.2) is 0 Å². The number of benzene rings is 1. The fourth-order valence-electron chi connectivity index (χ4n) is 3.06. The van der Waals surface area contributed by atoms with Gasteiger partial charge in [-0.15, -0.1) is 0 Å². The molecule has 1 aliphatic carbocycles. The molecule has 104 valence electrons. The van der Waals surface area contributed by atoms with Crippen LogP contribution in [0.4, 0.5) is 0 Å². The van der Waals surface area contributed by atoms with E-state index < -0.39 is 0 Å². The third-order valence-electron chi connectivity index (χ3n) is 4.13. The third-order valence-corrected chi connectivity index (χ3v) is 4.13. The van der Waals surface area contributed by atoms with Gasteiger partial charge in [0.05, 0.1) is 0 Å². The largest absolute Gasteiger partial charge is 0.448 e. The Morgan fingerprint density at radius 1 is 1.00 bits per heavy atom. The van der Waals surface area contributed by atoms with E-state index >= 15 is 0 Å². The van der Waals surface area contributed by atoms with Crippen LogP contribution in [0.5, 0.6) is 11.5 Å². The topological polar surface area (TPSA) is 44.5 Å². The molecule has 0 unspecified atom stereocenters. The summed E-state index contributed by atoms with van der Waals surface area (Å²) in [5, 5.41) is 0. The van der Waals surface area contributed by atoms with E-state index in [9.17, 15) is 0 Å². The summed E-state index contributed by atoms with van der Waals surface area (Å²) in [6, 6.07) is 6.37. The van der Waals surface area contributed by atoms with Crippen LogP contribution in [-0.4, -0.2) is 12.3 Å². The van der Waals surface area contributed by atoms with E-state index in [1.165, 1.54) is 24.8 Å². The maximum absolute atomic E-state index is 6.14. The van der Waals surface area contributed by atoms with E-state index in [1.54, 1.807) is 0 Å². The van der Waals surface area contributed by atoms with E-state index in [1.807, 2.05) is 0 Å². The molecule has 1 heterocycles. The van der Waals surface area contributed by atoms with Crippen molar-refractivity contribution in [3.05, 3.63) is 23.8 Å². The lowest BCUT2D eigenvalue weighted by molar-refractivity contribution is -0.105. The summed E-state index contributed by atoms with van der Waals surface area (Å²) in [7, 11) is 0. The zero-order valence-electron chi connectivity index (χ0n) is 11.5. The number of fused-ring (bicyclic) bond motifs is 1. The van der Waals surface area contributed by atoms with Crippen molar-refractivity contribution in [3.63, 3.8) is 0 Å². The van der Waals surface area contributed by atoms with Crippen LogP contribution in [0, 0.1) is 0 Å². The molecule has 0 aromatic heterocycles. The van der Waals surface area contributed by atoms with Gasteiger partial charge in [0, 0.05) is 12.8 Å². The molecule has 3 rings (SSSR count). The molecule has 1 fully saturated rings. The van der Waals surface area contributed by atoms with Crippen LogP contribution in [0.25, 0.3) is 0 Å². The number of nitrogens with two attached hydrogens (primary N) is 1. The molecule has 0 atom stereocenters. The first-order chi connectivity index (χ1) is 9.31. The van der Waals surface area contributed by atoms with E-state index in [2.05, 4.69) is 18.2 Å². The minimum absolute atomic E-state index is 0.351. The molecule has 1 spiro atoms. The summed E-state index contributed by atoms with van der Waals surface area (Å²) >= 11 is 0. The Bertz CT molecular complexity index is 438. The molecule has 1 aromatic carbocycles. The maximum atomic E-state index is 6.14. The van der Waals surface area contributed by atoms with Gasteiger partial charge in [-0.2, -0.15) is 0 Å². The van der Waals surface area contributed by atoms with Gasteiger partial charge in [0.1, 0.15) is 0 Å². The molecule has 0 bridgehead atoms. The van der Waals surface area contributed by atoms with Crippen molar-refractivity contribution in [2.75, 3.05) is 6.54 Å². The van der Waals surface area contributed by atoms with Gasteiger partial charge >= 0.3 is 0 Å². The smallest absolute Gasteiger partial charge is 0.251 e. The molecule has 1 aliphatic heterocycles. The molecule has 3 nitrogen and oxygen atoms in total. The van der Waals surface area contributed by atoms with Gasteiger partial charge in [-0.3, -0.25) is 0 Å². The average Bonchev–Trinajstić information content (AvgIpc) is 2.76. The standard InChI is InChI=1S/C16H23NO2/c17-11-5-2-6-13-7-8-14-15(12-13)19-16(18-14)9-3-1-4-10-16/h7-8,12H,1-6,9-11,17H2. The Hall–Kier alpha value is -1.22. The molecule has 0 saturated heterocycles. The number of unbranched alkanes of at least 4 members (excludes halogenated alkanes) is 1. The van der Waals surface area contributed by atoms with E-state index in [0.717, 1.165) is 50.1 Å². The molecule has 1 aromatic rings. The zero-order valence-corrected chi connectivity index (χ0v) is 11.5. The van der Waals surface area contributed by atoms with Crippen molar-refractivity contribution < 1.29 is 9.47 Å². The van der Waals surface area contributed by atoms with E-state index in [0.29, 0.717) is 0 Å². The number of aryl methyl sites for hydroxylation is 1. The molecule has 2 N–H and O–H groups in total. The first-order valence-electron chi connectivity index (χ1n) is 7.52. The number of hydrogen-bond acceptors (Lipinski definition) is 3. The van der Waals surface area contributed by atoms with Crippen molar-refractivity contribution >= 4 is 0 Å². The fourth-order valence-corrected chi connectivity index (χ4v) is 3.06. The normalized spacial score (nSPS) is 19.8. The van der Waals surface area contributed by atoms with Crippen LogP contribution < -0.4 is 15.2 Å². The molecule has 0 amide bonds. The molecule has 19 heavy (non-hydrogen) atoms. The number of hydrogen-bond donors (Lipinski definition) is 1. The van der Waals surface area contributed by atoms with Gasteiger partial charge in [-0.05, 0) is 56.3 Å². The van der Waals surface area contributed by atoms with Crippen LogP contribution >= 0.6 is 0 Å². The van der Waals surface area contributed by atoms with Crippen LogP contribution in [0.3, 0.4) is 0 Å². The second-order valence-corrected chi connectivity index (χ2v) is 5.70. The Morgan fingerprint density at radius 3 is 2.58 bits per heavy atom.